The standard InChI is InChI=1S/C12H11F5O/c1-8(7-9-5-3-2-4-6-9)10(18)11(13,14)12(15,16)17/h2-6,8H,7H2,1H3. The van der Waals surface area contributed by atoms with Gasteiger partial charge < -0.3 is 0 Å². The number of benzene rings is 1. The zero-order valence-electron chi connectivity index (χ0n) is 9.47. The molecule has 1 aromatic carbocycles. The Hall–Kier alpha value is -1.46. The van der Waals surface area contributed by atoms with Gasteiger partial charge in [0.15, 0.2) is 0 Å². The van der Waals surface area contributed by atoms with Crippen LogP contribution in [0.15, 0.2) is 30.3 Å². The number of hydrogen-bond acceptors (Lipinski definition) is 1. The first kappa shape index (κ1) is 14.6. The second kappa shape index (κ2) is 5.04. The van der Waals surface area contributed by atoms with Gasteiger partial charge in [-0.15, -0.1) is 0 Å². The van der Waals surface area contributed by atoms with Crippen molar-refractivity contribution in [1.29, 1.82) is 0 Å². The van der Waals surface area contributed by atoms with Crippen molar-refractivity contribution in [1.82, 2.24) is 0 Å². The van der Waals surface area contributed by atoms with Gasteiger partial charge in [0.25, 0.3) is 0 Å². The molecule has 0 aromatic heterocycles. The van der Waals surface area contributed by atoms with Crippen LogP contribution < -0.4 is 0 Å². The van der Waals surface area contributed by atoms with Crippen LogP contribution in [0.2, 0.25) is 0 Å². The number of ketones is 1. The molecule has 1 nitrogen and oxygen atoms in total. The molecule has 100 valence electrons. The summed E-state index contributed by atoms with van der Waals surface area (Å²) in [5, 5.41) is 0. The van der Waals surface area contributed by atoms with Crippen molar-refractivity contribution in [3.63, 3.8) is 0 Å². The van der Waals surface area contributed by atoms with E-state index in [4.69, 9.17) is 0 Å². The van der Waals surface area contributed by atoms with Crippen LogP contribution >= 0.6 is 0 Å². The summed E-state index contributed by atoms with van der Waals surface area (Å²) in [6.07, 6.45) is -5.99. The lowest BCUT2D eigenvalue weighted by Gasteiger charge is -2.21. The van der Waals surface area contributed by atoms with Crippen molar-refractivity contribution in [3.8, 4) is 0 Å². The number of Topliss-reactive ketones (excluding diaryl/α,β-unsaturated/α-hetero) is 1. The van der Waals surface area contributed by atoms with E-state index in [0.29, 0.717) is 5.56 Å². The molecule has 0 spiro atoms. The maximum absolute atomic E-state index is 12.8. The Kier molecular flexibility index (Phi) is 4.09. The van der Waals surface area contributed by atoms with E-state index in [1.165, 1.54) is 0 Å². The smallest absolute Gasteiger partial charge is 0.292 e. The van der Waals surface area contributed by atoms with E-state index in [9.17, 15) is 26.7 Å². The van der Waals surface area contributed by atoms with Gasteiger partial charge >= 0.3 is 12.1 Å². The van der Waals surface area contributed by atoms with Crippen LogP contribution in [0.4, 0.5) is 22.0 Å². The third-order valence-electron chi connectivity index (χ3n) is 2.50. The molecule has 6 heteroatoms. The summed E-state index contributed by atoms with van der Waals surface area (Å²) in [5.74, 6) is -8.79. The van der Waals surface area contributed by atoms with Crippen LogP contribution in [0.1, 0.15) is 12.5 Å². The molecule has 0 aliphatic rings. The third kappa shape index (κ3) is 3.05. The molecule has 0 aliphatic carbocycles. The molecule has 0 fully saturated rings. The van der Waals surface area contributed by atoms with Crippen molar-refractivity contribution in [2.24, 2.45) is 5.92 Å². The Morgan fingerprint density at radius 1 is 1.11 bits per heavy atom. The highest BCUT2D eigenvalue weighted by molar-refractivity contribution is 5.88. The second-order valence-corrected chi connectivity index (χ2v) is 4.03. The molecule has 0 bridgehead atoms. The second-order valence-electron chi connectivity index (χ2n) is 4.03. The van der Waals surface area contributed by atoms with E-state index < -0.39 is 23.8 Å². The highest BCUT2D eigenvalue weighted by atomic mass is 19.4. The molecule has 0 radical (unpaired) electrons. The number of carbonyl (C=O) groups is 1. The highest BCUT2D eigenvalue weighted by Crippen LogP contribution is 2.38. The summed E-state index contributed by atoms with van der Waals surface area (Å²) >= 11 is 0. The van der Waals surface area contributed by atoms with Crippen LogP contribution in [0.5, 0.6) is 0 Å². The Bertz CT molecular complexity index is 410. The minimum absolute atomic E-state index is 0.147. The molecular formula is C12H11F5O. The van der Waals surface area contributed by atoms with Crippen molar-refractivity contribution in [2.75, 3.05) is 0 Å². The molecule has 0 N–H and O–H groups in total. The van der Waals surface area contributed by atoms with Gasteiger partial charge in [-0.05, 0) is 12.0 Å². The zero-order valence-corrected chi connectivity index (χ0v) is 9.47. The summed E-state index contributed by atoms with van der Waals surface area (Å²) in [5.41, 5.74) is 0.538. The van der Waals surface area contributed by atoms with Gasteiger partial charge in [0.05, 0.1) is 0 Å². The lowest BCUT2D eigenvalue weighted by Crippen LogP contribution is -2.47. The van der Waals surface area contributed by atoms with Gasteiger partial charge in [0, 0.05) is 5.92 Å². The van der Waals surface area contributed by atoms with E-state index in [2.05, 4.69) is 0 Å². The van der Waals surface area contributed by atoms with Crippen LogP contribution in [-0.2, 0) is 11.2 Å². The van der Waals surface area contributed by atoms with Crippen LogP contribution in [0, 0.1) is 5.92 Å². The highest BCUT2D eigenvalue weighted by Gasteiger charge is 2.63. The lowest BCUT2D eigenvalue weighted by molar-refractivity contribution is -0.270. The number of halogens is 5. The zero-order chi connectivity index (χ0) is 14.0. The molecule has 1 aromatic rings. The molecule has 1 atom stereocenters. The average molecular weight is 266 g/mol. The number of alkyl halides is 5. The maximum atomic E-state index is 12.8. The number of rotatable bonds is 4. The van der Waals surface area contributed by atoms with Gasteiger partial charge in [-0.25, -0.2) is 0 Å². The van der Waals surface area contributed by atoms with Crippen LogP contribution in [-0.4, -0.2) is 17.9 Å². The van der Waals surface area contributed by atoms with E-state index in [1.807, 2.05) is 0 Å². The normalized spacial score (nSPS) is 14.3. The minimum Gasteiger partial charge on any atom is -0.292 e. The first-order chi connectivity index (χ1) is 8.16. The Labute approximate surface area is 101 Å². The number of carbonyl (C=O) groups excluding carboxylic acids is 1. The van der Waals surface area contributed by atoms with E-state index in [-0.39, 0.29) is 6.42 Å². The van der Waals surface area contributed by atoms with Crippen LogP contribution in [0.25, 0.3) is 0 Å². The Morgan fingerprint density at radius 3 is 2.06 bits per heavy atom. The lowest BCUT2D eigenvalue weighted by atomic mass is 9.93. The van der Waals surface area contributed by atoms with Crippen molar-refractivity contribution >= 4 is 5.78 Å². The molecule has 1 unspecified atom stereocenters. The van der Waals surface area contributed by atoms with Crippen molar-refractivity contribution in [3.05, 3.63) is 35.9 Å². The average Bonchev–Trinajstić information content (AvgIpc) is 2.27. The molecule has 0 saturated heterocycles. The fourth-order valence-electron chi connectivity index (χ4n) is 1.51. The summed E-state index contributed by atoms with van der Waals surface area (Å²) in [6.45, 7) is 1.06. The van der Waals surface area contributed by atoms with Gasteiger partial charge in [0.1, 0.15) is 0 Å². The predicted molar refractivity (Wildman–Crippen MR) is 55.3 cm³/mol. The molecule has 0 heterocycles. The molecule has 18 heavy (non-hydrogen) atoms. The molecule has 0 amide bonds. The van der Waals surface area contributed by atoms with Gasteiger partial charge in [-0.1, -0.05) is 37.3 Å². The first-order valence-electron chi connectivity index (χ1n) is 5.19. The topological polar surface area (TPSA) is 17.1 Å². The molecule has 0 aliphatic heterocycles. The molecular weight excluding hydrogens is 255 g/mol. The molecule has 1 rings (SSSR count). The summed E-state index contributed by atoms with van der Waals surface area (Å²) in [6, 6.07) is 8.05. The monoisotopic (exact) mass is 266 g/mol. The Balaban J connectivity index is 2.80. The predicted octanol–water partition coefficient (Wildman–Crippen LogP) is 3.63. The number of hydrogen-bond donors (Lipinski definition) is 0. The summed E-state index contributed by atoms with van der Waals surface area (Å²) < 4.78 is 61.6. The summed E-state index contributed by atoms with van der Waals surface area (Å²) in [4.78, 5) is 11.1. The SMILES string of the molecule is CC(Cc1ccccc1)C(=O)C(F)(F)C(F)(F)F. The van der Waals surface area contributed by atoms with E-state index in [0.717, 1.165) is 6.92 Å². The molecule has 0 saturated carbocycles. The minimum atomic E-state index is -5.84. The van der Waals surface area contributed by atoms with E-state index in [1.54, 1.807) is 30.3 Å². The summed E-state index contributed by atoms with van der Waals surface area (Å²) in [7, 11) is 0. The third-order valence-corrected chi connectivity index (χ3v) is 2.50. The van der Waals surface area contributed by atoms with Crippen molar-refractivity contribution < 1.29 is 26.7 Å². The fourth-order valence-corrected chi connectivity index (χ4v) is 1.51. The van der Waals surface area contributed by atoms with Crippen LogP contribution in [0.3, 0.4) is 0 Å². The quantitative estimate of drug-likeness (QED) is 0.760. The van der Waals surface area contributed by atoms with E-state index >= 15 is 0 Å². The van der Waals surface area contributed by atoms with Gasteiger partial charge in [0.2, 0.25) is 5.78 Å². The van der Waals surface area contributed by atoms with Crippen molar-refractivity contribution in [2.45, 2.75) is 25.4 Å². The Morgan fingerprint density at radius 2 is 1.61 bits per heavy atom. The van der Waals surface area contributed by atoms with Gasteiger partial charge in [-0.3, -0.25) is 4.79 Å². The fraction of sp³-hybridized carbons (Fsp3) is 0.417. The van der Waals surface area contributed by atoms with Gasteiger partial charge in [-0.2, -0.15) is 22.0 Å². The first-order valence-corrected chi connectivity index (χ1v) is 5.19. The maximum Gasteiger partial charge on any atom is 0.461 e. The largest absolute Gasteiger partial charge is 0.461 e.